The Morgan fingerprint density at radius 1 is 0.919 bits per heavy atom. The van der Waals surface area contributed by atoms with E-state index in [0.717, 1.165) is 21.6 Å². The van der Waals surface area contributed by atoms with Gasteiger partial charge >= 0.3 is 5.97 Å². The Morgan fingerprint density at radius 2 is 1.65 bits per heavy atom. The Hall–Kier alpha value is -4.24. The second kappa shape index (κ2) is 11.7. The molecule has 1 N–H and O–H groups in total. The molecule has 0 fully saturated rings. The van der Waals surface area contributed by atoms with Crippen LogP contribution in [0.5, 0.6) is 11.5 Å². The van der Waals surface area contributed by atoms with Crippen LogP contribution in [0.4, 0.5) is 11.4 Å². The fraction of sp³-hybridized carbons (Fsp3) is 0.179. The van der Waals surface area contributed by atoms with Gasteiger partial charge in [0.15, 0.2) is 0 Å². The van der Waals surface area contributed by atoms with Gasteiger partial charge in [-0.3, -0.25) is 9.59 Å². The second-order valence-corrected chi connectivity index (χ2v) is 8.99. The van der Waals surface area contributed by atoms with Crippen LogP contribution in [0.1, 0.15) is 23.7 Å². The first-order valence-corrected chi connectivity index (χ1v) is 12.4. The Balaban J connectivity index is 1.77. The second-order valence-electron chi connectivity index (χ2n) is 7.91. The number of thioether (sulfide) groups is 1. The maximum Gasteiger partial charge on any atom is 0.340 e. The molecule has 0 bridgehead atoms. The zero-order chi connectivity index (χ0) is 26.4. The van der Waals surface area contributed by atoms with E-state index in [1.807, 2.05) is 37.3 Å². The molecule has 9 heteroatoms. The van der Waals surface area contributed by atoms with Crippen LogP contribution in [0, 0.1) is 0 Å². The van der Waals surface area contributed by atoms with Crippen LogP contribution in [-0.2, 0) is 14.3 Å². The number of carbonyl (C=O) groups excluding carboxylic acids is 3. The minimum absolute atomic E-state index is 0.0686. The third kappa shape index (κ3) is 5.46. The summed E-state index contributed by atoms with van der Waals surface area (Å²) in [6.45, 7) is 2.11. The van der Waals surface area contributed by atoms with Gasteiger partial charge in [-0.05, 0) is 42.8 Å². The van der Waals surface area contributed by atoms with Crippen molar-refractivity contribution in [2.45, 2.75) is 18.2 Å². The predicted molar refractivity (Wildman–Crippen MR) is 142 cm³/mol. The lowest BCUT2D eigenvalue weighted by Gasteiger charge is -2.18. The lowest BCUT2D eigenvalue weighted by Crippen LogP contribution is -2.33. The number of hydrogen-bond donors (Lipinski definition) is 1. The quantitative estimate of drug-likeness (QED) is 0.287. The van der Waals surface area contributed by atoms with E-state index in [0.29, 0.717) is 23.6 Å². The lowest BCUT2D eigenvalue weighted by atomic mass is 10.1. The van der Waals surface area contributed by atoms with E-state index in [1.54, 1.807) is 43.5 Å². The summed E-state index contributed by atoms with van der Waals surface area (Å²) in [5.41, 5.74) is 0.829. The molecule has 2 amide bonds. The Bertz CT molecular complexity index is 1360. The highest BCUT2D eigenvalue weighted by Gasteiger charge is 2.42. The van der Waals surface area contributed by atoms with Crippen molar-refractivity contribution in [2.75, 3.05) is 31.0 Å². The fourth-order valence-corrected chi connectivity index (χ4v) is 4.64. The number of para-hydroxylation sites is 1. The molecule has 0 unspecified atom stereocenters. The number of hydrogen-bond acceptors (Lipinski definition) is 8. The molecule has 3 aromatic carbocycles. The zero-order valence-corrected chi connectivity index (χ0v) is 21.5. The summed E-state index contributed by atoms with van der Waals surface area (Å²) in [6.07, 6.45) is 0.645. The van der Waals surface area contributed by atoms with E-state index in [9.17, 15) is 14.4 Å². The molecule has 1 aliphatic rings. The van der Waals surface area contributed by atoms with Gasteiger partial charge in [0.25, 0.3) is 11.8 Å². The number of amides is 2. The highest BCUT2D eigenvalue weighted by atomic mass is 32.2. The first-order chi connectivity index (χ1) is 18.0. The number of benzene rings is 3. The van der Waals surface area contributed by atoms with Gasteiger partial charge in [-0.25, -0.2) is 9.69 Å². The van der Waals surface area contributed by atoms with E-state index in [1.165, 1.54) is 13.2 Å². The zero-order valence-electron chi connectivity index (χ0n) is 20.6. The summed E-state index contributed by atoms with van der Waals surface area (Å²) >= 11 is 1.16. The maximum atomic E-state index is 13.8. The van der Waals surface area contributed by atoms with Crippen molar-refractivity contribution in [3.8, 4) is 11.5 Å². The number of imide groups is 1. The number of nitrogens with zero attached hydrogens (tertiary/aromatic N) is 1. The molecule has 8 nitrogen and oxygen atoms in total. The molecule has 190 valence electrons. The Morgan fingerprint density at radius 3 is 2.35 bits per heavy atom. The van der Waals surface area contributed by atoms with Crippen LogP contribution in [0.3, 0.4) is 0 Å². The van der Waals surface area contributed by atoms with E-state index >= 15 is 0 Å². The van der Waals surface area contributed by atoms with Gasteiger partial charge in [0.05, 0.1) is 37.8 Å². The van der Waals surface area contributed by atoms with Crippen molar-refractivity contribution in [2.24, 2.45) is 0 Å². The van der Waals surface area contributed by atoms with Crippen LogP contribution in [0.15, 0.2) is 88.3 Å². The molecular weight excluding hydrogens is 492 g/mol. The molecule has 37 heavy (non-hydrogen) atoms. The van der Waals surface area contributed by atoms with Crippen molar-refractivity contribution >= 4 is 40.9 Å². The van der Waals surface area contributed by atoms with Gasteiger partial charge in [-0.2, -0.15) is 0 Å². The van der Waals surface area contributed by atoms with Crippen molar-refractivity contribution in [1.82, 2.24) is 0 Å². The van der Waals surface area contributed by atoms with Crippen molar-refractivity contribution in [3.63, 3.8) is 0 Å². The van der Waals surface area contributed by atoms with Crippen molar-refractivity contribution < 1.29 is 28.6 Å². The summed E-state index contributed by atoms with van der Waals surface area (Å²) in [6, 6.07) is 20.8. The minimum Gasteiger partial charge on any atom is -0.497 e. The predicted octanol–water partition coefficient (Wildman–Crippen LogP) is 5.26. The molecule has 0 saturated heterocycles. The van der Waals surface area contributed by atoms with Crippen LogP contribution < -0.4 is 19.7 Å². The van der Waals surface area contributed by atoms with E-state index in [2.05, 4.69) is 5.32 Å². The average molecular weight is 519 g/mol. The molecule has 0 aliphatic carbocycles. The first kappa shape index (κ1) is 25.8. The molecule has 0 atom stereocenters. The summed E-state index contributed by atoms with van der Waals surface area (Å²) in [7, 11) is 3.04. The topological polar surface area (TPSA) is 94.2 Å². The number of methoxy groups -OCH3 is 2. The molecule has 0 saturated carbocycles. The summed E-state index contributed by atoms with van der Waals surface area (Å²) in [5.74, 6) is -0.751. The largest absolute Gasteiger partial charge is 0.497 e. The Kier molecular flexibility index (Phi) is 8.15. The summed E-state index contributed by atoms with van der Waals surface area (Å²) in [4.78, 5) is 42.3. The standard InChI is InChI=1S/C28H26N2O6S/c1-4-16-36-28(33)20-12-8-9-13-22(20)30-26(31)24(25(27(30)32)37-19-10-6-5-7-11-19)29-21-15-14-18(34-2)17-23(21)35-3/h5-15,17,29H,4,16H2,1-3H3. The third-order valence-electron chi connectivity index (χ3n) is 5.47. The van der Waals surface area contributed by atoms with Gasteiger partial charge in [0.2, 0.25) is 0 Å². The first-order valence-electron chi connectivity index (χ1n) is 11.6. The van der Waals surface area contributed by atoms with Gasteiger partial charge in [-0.1, -0.05) is 49.0 Å². The smallest absolute Gasteiger partial charge is 0.340 e. The number of nitrogens with one attached hydrogen (secondary N) is 1. The van der Waals surface area contributed by atoms with E-state index in [4.69, 9.17) is 14.2 Å². The number of carbonyl (C=O) groups is 3. The Labute approximate surface area is 219 Å². The molecular formula is C28H26N2O6S. The average Bonchev–Trinajstić information content (AvgIpc) is 3.16. The van der Waals surface area contributed by atoms with Gasteiger partial charge in [0, 0.05) is 11.0 Å². The molecule has 0 radical (unpaired) electrons. The van der Waals surface area contributed by atoms with Crippen LogP contribution in [0.2, 0.25) is 0 Å². The summed E-state index contributed by atoms with van der Waals surface area (Å²) in [5, 5.41) is 3.09. The van der Waals surface area contributed by atoms with Gasteiger partial charge in [0.1, 0.15) is 22.1 Å². The van der Waals surface area contributed by atoms with Crippen molar-refractivity contribution in [1.29, 1.82) is 0 Å². The maximum absolute atomic E-state index is 13.8. The highest BCUT2D eigenvalue weighted by Crippen LogP contribution is 2.40. The fourth-order valence-electron chi connectivity index (χ4n) is 3.69. The van der Waals surface area contributed by atoms with Crippen molar-refractivity contribution in [3.05, 3.63) is 89.0 Å². The van der Waals surface area contributed by atoms with Gasteiger partial charge in [-0.15, -0.1) is 0 Å². The van der Waals surface area contributed by atoms with E-state index < -0.39 is 17.8 Å². The van der Waals surface area contributed by atoms with Gasteiger partial charge < -0.3 is 19.5 Å². The minimum atomic E-state index is -0.603. The number of anilines is 2. The number of ether oxygens (including phenoxy) is 3. The van der Waals surface area contributed by atoms with Crippen LogP contribution in [0.25, 0.3) is 0 Å². The SMILES string of the molecule is CCCOC(=O)c1ccccc1N1C(=O)C(Nc2ccc(OC)cc2OC)=C(Sc2ccccc2)C1=O. The molecule has 1 heterocycles. The molecule has 0 aromatic heterocycles. The number of esters is 1. The molecule has 0 spiro atoms. The lowest BCUT2D eigenvalue weighted by molar-refractivity contribution is -0.120. The highest BCUT2D eigenvalue weighted by molar-refractivity contribution is 8.04. The van der Waals surface area contributed by atoms with E-state index in [-0.39, 0.29) is 28.5 Å². The number of rotatable bonds is 10. The normalized spacial score (nSPS) is 13.1. The van der Waals surface area contributed by atoms with Crippen LogP contribution in [-0.4, -0.2) is 38.6 Å². The monoisotopic (exact) mass is 518 g/mol. The molecule has 4 rings (SSSR count). The molecule has 3 aromatic rings. The summed E-state index contributed by atoms with van der Waals surface area (Å²) < 4.78 is 16.0. The van der Waals surface area contributed by atoms with Crippen LogP contribution >= 0.6 is 11.8 Å². The molecule has 1 aliphatic heterocycles. The third-order valence-corrected chi connectivity index (χ3v) is 6.57.